The van der Waals surface area contributed by atoms with Crippen LogP contribution in [0.2, 0.25) is 0 Å². The van der Waals surface area contributed by atoms with E-state index in [9.17, 15) is 4.79 Å². The molecular weight excluding hydrogens is 292 g/mol. The second kappa shape index (κ2) is 6.13. The van der Waals surface area contributed by atoms with Gasteiger partial charge in [0.2, 0.25) is 0 Å². The number of hydrogen-bond donors (Lipinski definition) is 0. The van der Waals surface area contributed by atoms with Gasteiger partial charge in [-0.2, -0.15) is 0 Å². The van der Waals surface area contributed by atoms with Crippen molar-refractivity contribution in [3.8, 4) is 0 Å². The molecule has 9 atom stereocenters. The summed E-state index contributed by atoms with van der Waals surface area (Å²) in [5.74, 6) is 7.37. The highest BCUT2D eigenvalue weighted by Gasteiger charge is 2.57. The molecule has 0 N–H and O–H groups in total. The Balaban J connectivity index is 1.54. The average Bonchev–Trinajstić information content (AvgIpc) is 2.90. The minimum absolute atomic E-state index is 0.281. The van der Waals surface area contributed by atoms with Crippen LogP contribution in [0.5, 0.6) is 0 Å². The van der Waals surface area contributed by atoms with Crippen LogP contribution >= 0.6 is 0 Å². The van der Waals surface area contributed by atoms with Gasteiger partial charge in [0.15, 0.2) is 0 Å². The zero-order chi connectivity index (χ0) is 17.1. The maximum Gasteiger partial charge on any atom is 0.132 e. The van der Waals surface area contributed by atoms with Gasteiger partial charge in [-0.1, -0.05) is 27.2 Å². The van der Waals surface area contributed by atoms with E-state index < -0.39 is 0 Å². The van der Waals surface area contributed by atoms with Gasteiger partial charge in [0.1, 0.15) is 5.78 Å². The largest absolute Gasteiger partial charge is 0.300 e. The van der Waals surface area contributed by atoms with Gasteiger partial charge in [-0.25, -0.2) is 0 Å². The van der Waals surface area contributed by atoms with Crippen LogP contribution in [-0.2, 0) is 4.79 Å². The molecule has 0 aromatic rings. The summed E-state index contributed by atoms with van der Waals surface area (Å²) in [7, 11) is 0. The van der Waals surface area contributed by atoms with Crippen molar-refractivity contribution >= 4 is 5.78 Å². The van der Waals surface area contributed by atoms with Crippen molar-refractivity contribution in [2.45, 2.75) is 85.5 Å². The first-order chi connectivity index (χ1) is 11.4. The van der Waals surface area contributed by atoms with Crippen molar-refractivity contribution in [2.75, 3.05) is 0 Å². The fourth-order valence-corrected chi connectivity index (χ4v) is 8.23. The quantitative estimate of drug-likeness (QED) is 0.596. The summed E-state index contributed by atoms with van der Waals surface area (Å²) in [5, 5.41) is 0. The molecule has 0 saturated heterocycles. The average molecular weight is 331 g/mol. The summed E-state index contributed by atoms with van der Waals surface area (Å²) >= 11 is 0. The highest BCUT2D eigenvalue weighted by molar-refractivity contribution is 5.78. The SMILES string of the molecule is CC(=O)C(C)C1CCC2C3CCC4CC(C)CCC4C3CCC12C. The third kappa shape index (κ3) is 2.52. The van der Waals surface area contributed by atoms with Crippen molar-refractivity contribution in [3.63, 3.8) is 0 Å². The Kier molecular flexibility index (Phi) is 4.37. The molecule has 4 aliphatic carbocycles. The smallest absolute Gasteiger partial charge is 0.132 e. The minimum atomic E-state index is 0.281. The minimum Gasteiger partial charge on any atom is -0.300 e. The van der Waals surface area contributed by atoms with Crippen molar-refractivity contribution in [3.05, 3.63) is 0 Å². The van der Waals surface area contributed by atoms with Gasteiger partial charge in [-0.05, 0) is 105 Å². The van der Waals surface area contributed by atoms with Crippen molar-refractivity contribution in [1.82, 2.24) is 0 Å². The van der Waals surface area contributed by atoms with Gasteiger partial charge >= 0.3 is 0 Å². The molecule has 0 bridgehead atoms. The Labute approximate surface area is 149 Å². The molecule has 0 aromatic heterocycles. The lowest BCUT2D eigenvalue weighted by atomic mass is 9.48. The number of ketones is 1. The highest BCUT2D eigenvalue weighted by Crippen LogP contribution is 2.65. The zero-order valence-electron chi connectivity index (χ0n) is 16.4. The molecular formula is C23H38O. The molecule has 0 radical (unpaired) electrons. The lowest BCUT2D eigenvalue weighted by molar-refractivity contribution is -0.125. The van der Waals surface area contributed by atoms with E-state index in [1.807, 2.05) is 6.92 Å². The van der Waals surface area contributed by atoms with E-state index in [2.05, 4.69) is 20.8 Å². The standard InChI is InChI=1S/C23H38O/c1-14-5-7-18-17(13-14)6-8-20-19(18)11-12-23(4)21(9-10-22(20)23)15(2)16(3)24/h14-15,17-22H,5-13H2,1-4H3. The second-order valence-electron chi connectivity index (χ2n) is 10.5. The van der Waals surface area contributed by atoms with Crippen LogP contribution in [0.3, 0.4) is 0 Å². The fraction of sp³-hybridized carbons (Fsp3) is 0.957. The summed E-state index contributed by atoms with van der Waals surface area (Å²) < 4.78 is 0. The highest BCUT2D eigenvalue weighted by atomic mass is 16.1. The molecule has 0 aliphatic heterocycles. The lowest BCUT2D eigenvalue weighted by Gasteiger charge is -2.56. The van der Waals surface area contributed by atoms with Gasteiger partial charge in [0.05, 0.1) is 0 Å². The first-order valence-corrected chi connectivity index (χ1v) is 10.9. The van der Waals surface area contributed by atoms with Gasteiger partial charge in [-0.3, -0.25) is 4.79 Å². The van der Waals surface area contributed by atoms with E-state index in [1.165, 1.54) is 57.8 Å². The van der Waals surface area contributed by atoms with Crippen LogP contribution in [-0.4, -0.2) is 5.78 Å². The molecule has 0 heterocycles. The third-order valence-corrected chi connectivity index (χ3v) is 9.53. The first-order valence-electron chi connectivity index (χ1n) is 10.9. The normalized spacial score (nSPS) is 52.1. The Bertz CT molecular complexity index is 496. The molecule has 9 unspecified atom stereocenters. The number of carbonyl (C=O) groups is 1. The monoisotopic (exact) mass is 330 g/mol. The van der Waals surface area contributed by atoms with E-state index in [1.54, 1.807) is 0 Å². The van der Waals surface area contributed by atoms with Crippen molar-refractivity contribution in [2.24, 2.45) is 52.8 Å². The molecule has 136 valence electrons. The second-order valence-corrected chi connectivity index (χ2v) is 10.5. The maximum atomic E-state index is 12.0. The van der Waals surface area contributed by atoms with E-state index in [4.69, 9.17) is 0 Å². The van der Waals surface area contributed by atoms with Gasteiger partial charge < -0.3 is 0 Å². The Morgan fingerprint density at radius 3 is 2.46 bits per heavy atom. The molecule has 1 nitrogen and oxygen atoms in total. The van der Waals surface area contributed by atoms with Gasteiger partial charge in [-0.15, -0.1) is 0 Å². The summed E-state index contributed by atoms with van der Waals surface area (Å²) in [6, 6.07) is 0. The van der Waals surface area contributed by atoms with Crippen LogP contribution in [0.15, 0.2) is 0 Å². The van der Waals surface area contributed by atoms with Crippen LogP contribution in [0.1, 0.15) is 85.5 Å². The number of fused-ring (bicyclic) bond motifs is 5. The van der Waals surface area contributed by atoms with Crippen molar-refractivity contribution < 1.29 is 4.79 Å². The summed E-state index contributed by atoms with van der Waals surface area (Å²) in [6.45, 7) is 9.08. The molecule has 0 amide bonds. The molecule has 4 saturated carbocycles. The molecule has 4 aliphatic rings. The van der Waals surface area contributed by atoms with E-state index in [0.717, 1.165) is 35.5 Å². The Morgan fingerprint density at radius 1 is 0.958 bits per heavy atom. The van der Waals surface area contributed by atoms with Crippen molar-refractivity contribution in [1.29, 1.82) is 0 Å². The van der Waals surface area contributed by atoms with E-state index in [-0.39, 0.29) is 5.92 Å². The van der Waals surface area contributed by atoms with E-state index in [0.29, 0.717) is 17.1 Å². The maximum absolute atomic E-state index is 12.0. The Morgan fingerprint density at radius 2 is 1.71 bits per heavy atom. The number of carbonyl (C=O) groups excluding carboxylic acids is 1. The zero-order valence-corrected chi connectivity index (χ0v) is 16.4. The summed E-state index contributed by atoms with van der Waals surface area (Å²) in [6.07, 6.45) is 13.1. The predicted molar refractivity (Wildman–Crippen MR) is 99.6 cm³/mol. The lowest BCUT2D eigenvalue weighted by Crippen LogP contribution is -2.49. The van der Waals surface area contributed by atoms with Crippen LogP contribution in [0.4, 0.5) is 0 Å². The summed E-state index contributed by atoms with van der Waals surface area (Å²) in [5.41, 5.74) is 0.459. The van der Waals surface area contributed by atoms with Crippen LogP contribution < -0.4 is 0 Å². The molecule has 4 fully saturated rings. The van der Waals surface area contributed by atoms with Crippen LogP contribution in [0.25, 0.3) is 0 Å². The fourth-order valence-electron chi connectivity index (χ4n) is 8.23. The third-order valence-electron chi connectivity index (χ3n) is 9.53. The summed E-state index contributed by atoms with van der Waals surface area (Å²) in [4.78, 5) is 12.0. The first kappa shape index (κ1) is 17.1. The van der Waals surface area contributed by atoms with E-state index >= 15 is 0 Å². The number of rotatable bonds is 2. The molecule has 0 spiro atoms. The topological polar surface area (TPSA) is 17.1 Å². The number of hydrogen-bond acceptors (Lipinski definition) is 1. The van der Waals surface area contributed by atoms with Gasteiger partial charge in [0, 0.05) is 5.92 Å². The molecule has 0 aromatic carbocycles. The molecule has 1 heteroatoms. The molecule has 4 rings (SSSR count). The number of Topliss-reactive ketones (excluding diaryl/α,β-unsaturated/α-hetero) is 1. The molecule has 24 heavy (non-hydrogen) atoms. The predicted octanol–water partition coefficient (Wildman–Crippen LogP) is 6.12. The van der Waals surface area contributed by atoms with Crippen LogP contribution in [0, 0.1) is 52.8 Å². The van der Waals surface area contributed by atoms with Gasteiger partial charge in [0.25, 0.3) is 0 Å². The Hall–Kier alpha value is -0.330.